The number of aromatic nitrogens is 2. The average molecular weight is 431 g/mol. The summed E-state index contributed by atoms with van der Waals surface area (Å²) in [5, 5.41) is 8.79. The average Bonchev–Trinajstić information content (AvgIpc) is 3.53. The maximum Gasteiger partial charge on any atom is 0.268 e. The molecule has 2 aromatic carbocycles. The zero-order valence-electron chi connectivity index (χ0n) is 17.4. The van der Waals surface area contributed by atoms with Crippen molar-refractivity contribution in [3.8, 4) is 10.8 Å². The molecule has 1 aliphatic heterocycles. The number of amides is 1. The van der Waals surface area contributed by atoms with E-state index in [4.69, 9.17) is 4.52 Å². The van der Waals surface area contributed by atoms with Crippen LogP contribution in [0.15, 0.2) is 58.4 Å². The van der Waals surface area contributed by atoms with Crippen molar-refractivity contribution in [2.45, 2.75) is 33.5 Å². The van der Waals surface area contributed by atoms with Crippen LogP contribution in [0.2, 0.25) is 0 Å². The van der Waals surface area contributed by atoms with Gasteiger partial charge in [-0.05, 0) is 65.7 Å². The SMILES string of the molecule is Cc1cc2c(cc1C)CN(c1cccc(C(=O)NCc3noc(-c4cccs4)n3)c1)C2. The van der Waals surface area contributed by atoms with Crippen molar-refractivity contribution in [3.05, 3.63) is 87.6 Å². The van der Waals surface area contributed by atoms with E-state index in [9.17, 15) is 4.79 Å². The molecular formula is C24H22N4O2S. The lowest BCUT2D eigenvalue weighted by Crippen LogP contribution is -2.24. The van der Waals surface area contributed by atoms with Crippen LogP contribution in [-0.2, 0) is 19.6 Å². The van der Waals surface area contributed by atoms with Crippen LogP contribution < -0.4 is 10.2 Å². The highest BCUT2D eigenvalue weighted by Crippen LogP contribution is 2.30. The van der Waals surface area contributed by atoms with Crippen LogP contribution in [0.25, 0.3) is 10.8 Å². The smallest absolute Gasteiger partial charge is 0.268 e. The summed E-state index contributed by atoms with van der Waals surface area (Å²) >= 11 is 1.53. The molecule has 0 bridgehead atoms. The maximum atomic E-state index is 12.7. The Balaban J connectivity index is 1.25. The van der Waals surface area contributed by atoms with Crippen LogP contribution >= 0.6 is 11.3 Å². The number of rotatable bonds is 5. The second-order valence-corrected chi connectivity index (χ2v) is 8.73. The molecule has 156 valence electrons. The van der Waals surface area contributed by atoms with Crippen molar-refractivity contribution in [2.24, 2.45) is 0 Å². The topological polar surface area (TPSA) is 71.3 Å². The molecule has 4 aromatic rings. The van der Waals surface area contributed by atoms with Gasteiger partial charge in [0.05, 0.1) is 11.4 Å². The van der Waals surface area contributed by atoms with Crippen molar-refractivity contribution in [1.29, 1.82) is 0 Å². The fourth-order valence-corrected chi connectivity index (χ4v) is 4.46. The Hall–Kier alpha value is -3.45. The van der Waals surface area contributed by atoms with Crippen LogP contribution in [0.1, 0.15) is 38.4 Å². The van der Waals surface area contributed by atoms with Gasteiger partial charge in [-0.3, -0.25) is 4.79 Å². The van der Waals surface area contributed by atoms with Crippen LogP contribution in [-0.4, -0.2) is 16.0 Å². The van der Waals surface area contributed by atoms with Crippen LogP contribution in [0.4, 0.5) is 5.69 Å². The number of nitrogens with one attached hydrogen (secondary N) is 1. The number of anilines is 1. The number of nitrogens with zero attached hydrogens (tertiary/aromatic N) is 3. The summed E-state index contributed by atoms with van der Waals surface area (Å²) in [6, 6.07) is 16.1. The quantitative estimate of drug-likeness (QED) is 0.489. The molecule has 1 amide bonds. The zero-order valence-corrected chi connectivity index (χ0v) is 18.2. The third kappa shape index (κ3) is 3.96. The monoisotopic (exact) mass is 430 g/mol. The minimum Gasteiger partial charge on any atom is -0.363 e. The molecule has 2 aromatic heterocycles. The van der Waals surface area contributed by atoms with Crippen LogP contribution in [0.5, 0.6) is 0 Å². The van der Waals surface area contributed by atoms with Gasteiger partial charge in [0.1, 0.15) is 0 Å². The van der Waals surface area contributed by atoms with Gasteiger partial charge < -0.3 is 14.7 Å². The fraction of sp³-hybridized carbons (Fsp3) is 0.208. The molecule has 0 saturated carbocycles. The lowest BCUT2D eigenvalue weighted by atomic mass is 10.0. The molecule has 1 N–H and O–H groups in total. The van der Waals surface area contributed by atoms with Gasteiger partial charge in [0.2, 0.25) is 0 Å². The molecule has 0 radical (unpaired) electrons. The summed E-state index contributed by atoms with van der Waals surface area (Å²) in [5.41, 5.74) is 7.00. The highest BCUT2D eigenvalue weighted by molar-refractivity contribution is 7.13. The minimum atomic E-state index is -0.160. The first-order valence-corrected chi connectivity index (χ1v) is 11.0. The standard InChI is InChI=1S/C24H22N4O2S/c1-15-9-18-13-28(14-19(18)10-16(15)2)20-6-3-5-17(11-20)23(29)25-12-22-26-24(30-27-22)21-7-4-8-31-21/h3-11H,12-14H2,1-2H3,(H,25,29). The molecule has 0 saturated heterocycles. The van der Waals surface area contributed by atoms with E-state index in [0.717, 1.165) is 23.7 Å². The number of fused-ring (bicyclic) bond motifs is 1. The van der Waals surface area contributed by atoms with Gasteiger partial charge in [0.25, 0.3) is 11.8 Å². The molecular weight excluding hydrogens is 408 g/mol. The summed E-state index contributed by atoms with van der Waals surface area (Å²) in [4.78, 5) is 20.3. The molecule has 0 unspecified atom stereocenters. The molecule has 5 rings (SSSR count). The van der Waals surface area contributed by atoms with Gasteiger partial charge in [-0.15, -0.1) is 11.3 Å². The van der Waals surface area contributed by atoms with Gasteiger partial charge in [-0.25, -0.2) is 0 Å². The van der Waals surface area contributed by atoms with Crippen molar-refractivity contribution in [3.63, 3.8) is 0 Å². The second-order valence-electron chi connectivity index (χ2n) is 7.79. The molecule has 31 heavy (non-hydrogen) atoms. The molecule has 0 aliphatic carbocycles. The van der Waals surface area contributed by atoms with Crippen LogP contribution in [0.3, 0.4) is 0 Å². The number of hydrogen-bond donors (Lipinski definition) is 1. The van der Waals surface area contributed by atoms with E-state index in [1.54, 1.807) is 0 Å². The second kappa shape index (κ2) is 8.00. The Bertz CT molecular complexity index is 1220. The van der Waals surface area contributed by atoms with E-state index < -0.39 is 0 Å². The first-order chi connectivity index (χ1) is 15.1. The summed E-state index contributed by atoms with van der Waals surface area (Å²) in [5.74, 6) is 0.765. The van der Waals surface area contributed by atoms with E-state index in [2.05, 4.69) is 52.4 Å². The number of benzene rings is 2. The lowest BCUT2D eigenvalue weighted by molar-refractivity contribution is 0.0949. The largest absolute Gasteiger partial charge is 0.363 e. The van der Waals surface area contributed by atoms with E-state index in [0.29, 0.717) is 17.3 Å². The Morgan fingerprint density at radius 3 is 2.58 bits per heavy atom. The lowest BCUT2D eigenvalue weighted by Gasteiger charge is -2.18. The number of carbonyl (C=O) groups is 1. The van der Waals surface area contributed by atoms with Gasteiger partial charge in [0, 0.05) is 24.3 Å². The predicted octanol–water partition coefficient (Wildman–Crippen LogP) is 4.87. The van der Waals surface area contributed by atoms with Crippen molar-refractivity contribution >= 4 is 22.9 Å². The van der Waals surface area contributed by atoms with Gasteiger partial charge in [0.15, 0.2) is 5.82 Å². The Labute approximate surface area is 184 Å². The molecule has 1 aliphatic rings. The number of aryl methyl sites for hydroxylation is 2. The highest BCUT2D eigenvalue weighted by Gasteiger charge is 2.21. The predicted molar refractivity (Wildman–Crippen MR) is 121 cm³/mol. The molecule has 3 heterocycles. The number of hydrogen-bond acceptors (Lipinski definition) is 6. The van der Waals surface area contributed by atoms with Crippen molar-refractivity contribution in [2.75, 3.05) is 4.90 Å². The van der Waals surface area contributed by atoms with E-state index in [1.807, 2.05) is 35.7 Å². The summed E-state index contributed by atoms with van der Waals surface area (Å²) in [6.07, 6.45) is 0. The first-order valence-electron chi connectivity index (χ1n) is 10.2. The molecule has 0 spiro atoms. The van der Waals surface area contributed by atoms with Gasteiger partial charge >= 0.3 is 0 Å². The van der Waals surface area contributed by atoms with Crippen molar-refractivity contribution < 1.29 is 9.32 Å². The number of carbonyl (C=O) groups excluding carboxylic acids is 1. The normalized spacial score (nSPS) is 12.8. The van der Waals surface area contributed by atoms with Gasteiger partial charge in [-0.2, -0.15) is 4.98 Å². The van der Waals surface area contributed by atoms with Gasteiger partial charge in [-0.1, -0.05) is 29.4 Å². The Morgan fingerprint density at radius 2 is 1.87 bits per heavy atom. The molecule has 0 fully saturated rings. The first kappa shape index (κ1) is 19.5. The molecule has 6 nitrogen and oxygen atoms in total. The summed E-state index contributed by atoms with van der Waals surface area (Å²) < 4.78 is 5.27. The third-order valence-electron chi connectivity index (χ3n) is 5.62. The minimum absolute atomic E-state index is 0.160. The molecule has 0 atom stereocenters. The zero-order chi connectivity index (χ0) is 21.4. The van der Waals surface area contributed by atoms with E-state index in [1.165, 1.54) is 33.6 Å². The summed E-state index contributed by atoms with van der Waals surface area (Å²) in [7, 11) is 0. The van der Waals surface area contributed by atoms with Crippen LogP contribution in [0, 0.1) is 13.8 Å². The van der Waals surface area contributed by atoms with E-state index >= 15 is 0 Å². The van der Waals surface area contributed by atoms with E-state index in [-0.39, 0.29) is 12.5 Å². The summed E-state index contributed by atoms with van der Waals surface area (Å²) in [6.45, 7) is 6.23. The fourth-order valence-electron chi connectivity index (χ4n) is 3.81. The maximum absolute atomic E-state index is 12.7. The Morgan fingerprint density at radius 1 is 1.10 bits per heavy atom. The number of thiophene rings is 1. The van der Waals surface area contributed by atoms with Crippen molar-refractivity contribution in [1.82, 2.24) is 15.5 Å². The third-order valence-corrected chi connectivity index (χ3v) is 6.48. The highest BCUT2D eigenvalue weighted by atomic mass is 32.1. The Kier molecular flexibility index (Phi) is 5.03. The molecule has 7 heteroatoms.